The molecule has 0 aliphatic carbocycles. The van der Waals surface area contributed by atoms with E-state index in [4.69, 9.17) is 14.2 Å². The lowest BCUT2D eigenvalue weighted by Crippen LogP contribution is -2.42. The van der Waals surface area contributed by atoms with Gasteiger partial charge in [0, 0.05) is 20.3 Å². The molecule has 2 saturated heterocycles. The molecule has 0 N–H and O–H groups in total. The van der Waals surface area contributed by atoms with Crippen LogP contribution in [0.1, 0.15) is 40.0 Å². The second kappa shape index (κ2) is 5.29. The maximum atomic E-state index is 12.0. The van der Waals surface area contributed by atoms with Gasteiger partial charge in [-0.15, -0.1) is 0 Å². The smallest absolute Gasteiger partial charge is 0.410 e. The maximum absolute atomic E-state index is 12.0. The number of amides is 1. The number of nitrogens with zero attached hydrogens (tertiary/aromatic N) is 1. The Balaban J connectivity index is 1.91. The third-order valence-corrected chi connectivity index (χ3v) is 3.82. The van der Waals surface area contributed by atoms with Gasteiger partial charge in [-0.3, -0.25) is 0 Å². The van der Waals surface area contributed by atoms with Crippen LogP contribution in [0.25, 0.3) is 0 Å². The van der Waals surface area contributed by atoms with Gasteiger partial charge < -0.3 is 19.1 Å². The first-order valence-electron chi connectivity index (χ1n) is 6.99. The number of hydrogen-bond acceptors (Lipinski definition) is 4. The molecule has 2 fully saturated rings. The van der Waals surface area contributed by atoms with Crippen molar-refractivity contribution in [2.24, 2.45) is 0 Å². The fourth-order valence-electron chi connectivity index (χ4n) is 2.64. The summed E-state index contributed by atoms with van der Waals surface area (Å²) >= 11 is 0. The van der Waals surface area contributed by atoms with E-state index in [2.05, 4.69) is 0 Å². The highest BCUT2D eigenvalue weighted by Gasteiger charge is 2.44. The van der Waals surface area contributed by atoms with E-state index >= 15 is 0 Å². The molecule has 0 aromatic carbocycles. The fourth-order valence-corrected chi connectivity index (χ4v) is 2.64. The van der Waals surface area contributed by atoms with Crippen molar-refractivity contribution in [2.45, 2.75) is 57.3 Å². The number of hydrogen-bond donors (Lipinski definition) is 0. The molecular weight excluding hydrogens is 246 g/mol. The third-order valence-electron chi connectivity index (χ3n) is 3.82. The number of likely N-dealkylation sites (N-methyl/N-ethyl adjacent to an activating group) is 1. The minimum absolute atomic E-state index is 0.0841. The zero-order valence-corrected chi connectivity index (χ0v) is 12.4. The molecule has 0 unspecified atom stereocenters. The molecule has 1 atom stereocenters. The second-order valence-electron chi connectivity index (χ2n) is 6.56. The van der Waals surface area contributed by atoms with Crippen LogP contribution >= 0.6 is 0 Å². The molecule has 5 heteroatoms. The summed E-state index contributed by atoms with van der Waals surface area (Å²) < 4.78 is 16.7. The number of ether oxygens (including phenoxy) is 3. The van der Waals surface area contributed by atoms with E-state index in [-0.39, 0.29) is 17.7 Å². The highest BCUT2D eigenvalue weighted by atomic mass is 16.6. The van der Waals surface area contributed by atoms with Crippen LogP contribution in [0.15, 0.2) is 0 Å². The number of carbonyl (C=O) groups excluding carboxylic acids is 1. The summed E-state index contributed by atoms with van der Waals surface area (Å²) in [5, 5.41) is 0. The second-order valence-corrected chi connectivity index (χ2v) is 6.56. The zero-order valence-electron chi connectivity index (χ0n) is 12.4. The summed E-state index contributed by atoms with van der Waals surface area (Å²) in [7, 11) is 1.79. The van der Waals surface area contributed by atoms with Crippen molar-refractivity contribution in [3.05, 3.63) is 0 Å². The molecule has 0 radical (unpaired) electrons. The SMILES string of the molecule is CN(C(=O)OC(C)(C)C)[C@@H]1COC2(CCOCC2)C1. The molecule has 0 bridgehead atoms. The molecule has 110 valence electrons. The lowest BCUT2D eigenvalue weighted by molar-refractivity contribution is -0.0778. The normalized spacial score (nSPS) is 26.4. The molecule has 0 aromatic rings. The molecule has 1 spiro atoms. The molecule has 2 aliphatic rings. The number of rotatable bonds is 1. The Kier molecular flexibility index (Phi) is 4.06. The van der Waals surface area contributed by atoms with Crippen molar-refractivity contribution in [1.29, 1.82) is 0 Å². The first-order chi connectivity index (χ1) is 8.81. The highest BCUT2D eigenvalue weighted by molar-refractivity contribution is 5.68. The minimum Gasteiger partial charge on any atom is -0.444 e. The van der Waals surface area contributed by atoms with Crippen LogP contribution in [0.2, 0.25) is 0 Å². The van der Waals surface area contributed by atoms with Crippen molar-refractivity contribution in [2.75, 3.05) is 26.9 Å². The van der Waals surface area contributed by atoms with Gasteiger partial charge in [-0.2, -0.15) is 0 Å². The van der Waals surface area contributed by atoms with Gasteiger partial charge in [-0.25, -0.2) is 4.79 Å². The van der Waals surface area contributed by atoms with Crippen LogP contribution in [0.4, 0.5) is 4.79 Å². The van der Waals surface area contributed by atoms with Gasteiger partial charge in [-0.1, -0.05) is 0 Å². The average molecular weight is 271 g/mol. The van der Waals surface area contributed by atoms with Gasteiger partial charge in [0.25, 0.3) is 0 Å². The van der Waals surface area contributed by atoms with Crippen molar-refractivity contribution < 1.29 is 19.0 Å². The molecule has 1 amide bonds. The average Bonchev–Trinajstić information content (AvgIpc) is 2.71. The molecule has 0 aromatic heterocycles. The van der Waals surface area contributed by atoms with Crippen LogP contribution in [-0.2, 0) is 14.2 Å². The van der Waals surface area contributed by atoms with Crippen molar-refractivity contribution in [3.63, 3.8) is 0 Å². The van der Waals surface area contributed by atoms with Gasteiger partial charge in [-0.05, 0) is 40.0 Å². The van der Waals surface area contributed by atoms with Crippen molar-refractivity contribution in [1.82, 2.24) is 4.90 Å². The zero-order chi connectivity index (χ0) is 14.1. The van der Waals surface area contributed by atoms with Gasteiger partial charge in [0.2, 0.25) is 0 Å². The van der Waals surface area contributed by atoms with E-state index in [0.29, 0.717) is 6.61 Å². The highest BCUT2D eigenvalue weighted by Crippen LogP contribution is 2.36. The van der Waals surface area contributed by atoms with Gasteiger partial charge in [0.05, 0.1) is 18.2 Å². The van der Waals surface area contributed by atoms with Crippen LogP contribution in [0.3, 0.4) is 0 Å². The van der Waals surface area contributed by atoms with E-state index in [1.54, 1.807) is 11.9 Å². The molecule has 0 saturated carbocycles. The lowest BCUT2D eigenvalue weighted by atomic mass is 9.89. The van der Waals surface area contributed by atoms with E-state index in [0.717, 1.165) is 32.5 Å². The topological polar surface area (TPSA) is 48.0 Å². The third kappa shape index (κ3) is 3.60. The summed E-state index contributed by atoms with van der Waals surface area (Å²) in [6, 6.07) is 0.105. The Morgan fingerprint density at radius 1 is 1.32 bits per heavy atom. The van der Waals surface area contributed by atoms with E-state index in [1.807, 2.05) is 20.8 Å². The Labute approximate surface area is 115 Å². The molecule has 5 nitrogen and oxygen atoms in total. The first kappa shape index (κ1) is 14.6. The summed E-state index contributed by atoms with van der Waals surface area (Å²) in [5.74, 6) is 0. The minimum atomic E-state index is -0.457. The summed E-state index contributed by atoms with van der Waals surface area (Å²) in [5.41, 5.74) is -0.541. The van der Waals surface area contributed by atoms with E-state index in [1.165, 1.54) is 0 Å². The summed E-state index contributed by atoms with van der Waals surface area (Å²) in [6.45, 7) is 7.74. The Bertz CT molecular complexity index is 331. The van der Waals surface area contributed by atoms with E-state index < -0.39 is 5.60 Å². The Morgan fingerprint density at radius 2 is 1.95 bits per heavy atom. The fraction of sp³-hybridized carbons (Fsp3) is 0.929. The summed E-state index contributed by atoms with van der Waals surface area (Å²) in [6.07, 6.45) is 2.45. The Morgan fingerprint density at radius 3 is 2.53 bits per heavy atom. The molecule has 2 aliphatic heterocycles. The lowest BCUT2D eigenvalue weighted by Gasteiger charge is -2.33. The number of carbonyl (C=O) groups is 1. The Hall–Kier alpha value is -0.810. The predicted octanol–water partition coefficient (Wildman–Crippen LogP) is 2.19. The van der Waals surface area contributed by atoms with Crippen LogP contribution in [0.5, 0.6) is 0 Å². The molecular formula is C14H25NO4. The molecule has 2 rings (SSSR count). The summed E-state index contributed by atoms with van der Waals surface area (Å²) in [4.78, 5) is 13.7. The molecule has 19 heavy (non-hydrogen) atoms. The maximum Gasteiger partial charge on any atom is 0.410 e. The first-order valence-corrected chi connectivity index (χ1v) is 6.99. The van der Waals surface area contributed by atoms with Crippen molar-refractivity contribution >= 4 is 6.09 Å². The van der Waals surface area contributed by atoms with Gasteiger partial charge in [0.15, 0.2) is 0 Å². The van der Waals surface area contributed by atoms with Gasteiger partial charge >= 0.3 is 6.09 Å². The van der Waals surface area contributed by atoms with Crippen LogP contribution < -0.4 is 0 Å². The van der Waals surface area contributed by atoms with Crippen LogP contribution in [-0.4, -0.2) is 55.1 Å². The van der Waals surface area contributed by atoms with Gasteiger partial charge in [0.1, 0.15) is 5.60 Å². The predicted molar refractivity (Wildman–Crippen MR) is 71.1 cm³/mol. The monoisotopic (exact) mass is 271 g/mol. The quantitative estimate of drug-likeness (QED) is 0.733. The van der Waals surface area contributed by atoms with Crippen molar-refractivity contribution in [3.8, 4) is 0 Å². The molecule has 2 heterocycles. The van der Waals surface area contributed by atoms with E-state index in [9.17, 15) is 4.79 Å². The van der Waals surface area contributed by atoms with Crippen LogP contribution in [0, 0.1) is 0 Å². The largest absolute Gasteiger partial charge is 0.444 e. The standard InChI is InChI=1S/C14H25NO4/c1-13(2,3)19-12(16)15(4)11-9-14(18-10-11)5-7-17-8-6-14/h11H,5-10H2,1-4H3/t11-/m0/s1.